The highest BCUT2D eigenvalue weighted by Crippen LogP contribution is 2.21. The van der Waals surface area contributed by atoms with Crippen LogP contribution in [0.25, 0.3) is 0 Å². The van der Waals surface area contributed by atoms with Crippen molar-refractivity contribution < 1.29 is 4.74 Å². The summed E-state index contributed by atoms with van der Waals surface area (Å²) >= 11 is 6.12. The number of nitrogens with zero attached hydrogens (tertiary/aromatic N) is 3. The molecule has 4 nitrogen and oxygen atoms in total. The summed E-state index contributed by atoms with van der Waals surface area (Å²) in [6.07, 6.45) is 1.79. The first-order valence-electron chi connectivity index (χ1n) is 9.61. The van der Waals surface area contributed by atoms with Crippen LogP contribution in [-0.2, 0) is 13.2 Å². The van der Waals surface area contributed by atoms with E-state index in [4.69, 9.17) is 16.3 Å². The normalized spacial score (nSPS) is 14.8. The molecule has 0 amide bonds. The molecule has 0 bridgehead atoms. The van der Waals surface area contributed by atoms with Crippen LogP contribution in [0.4, 0.5) is 5.69 Å². The molecule has 1 aliphatic rings. The highest BCUT2D eigenvalue weighted by molar-refractivity contribution is 6.30. The second kappa shape index (κ2) is 9.09. The standard InChI is InChI=1S/C23H24ClN3O/c24-20-4-3-6-22(16-20)27-14-12-26(13-15-27)17-19-7-9-23(10-8-19)28-18-21-5-1-2-11-25-21/h1-11,16H,12-15,17-18H2. The van der Waals surface area contributed by atoms with E-state index >= 15 is 0 Å². The highest BCUT2D eigenvalue weighted by atomic mass is 35.5. The Kier molecular flexibility index (Phi) is 6.10. The summed E-state index contributed by atoms with van der Waals surface area (Å²) in [5.74, 6) is 0.875. The van der Waals surface area contributed by atoms with Gasteiger partial charge in [0.2, 0.25) is 0 Å². The van der Waals surface area contributed by atoms with Gasteiger partial charge < -0.3 is 9.64 Å². The first-order valence-corrected chi connectivity index (χ1v) is 9.98. The lowest BCUT2D eigenvalue weighted by molar-refractivity contribution is 0.249. The molecule has 1 aliphatic heterocycles. The third-order valence-corrected chi connectivity index (χ3v) is 5.22. The van der Waals surface area contributed by atoms with Gasteiger partial charge in [-0.15, -0.1) is 0 Å². The Balaban J connectivity index is 1.26. The first-order chi connectivity index (χ1) is 13.8. The molecule has 1 aromatic heterocycles. The van der Waals surface area contributed by atoms with Gasteiger partial charge in [0.25, 0.3) is 0 Å². The Morgan fingerprint density at radius 2 is 1.71 bits per heavy atom. The van der Waals surface area contributed by atoms with Crippen molar-refractivity contribution in [2.75, 3.05) is 31.1 Å². The molecule has 1 saturated heterocycles. The molecule has 3 aromatic rings. The lowest BCUT2D eigenvalue weighted by atomic mass is 10.2. The molecule has 2 aromatic carbocycles. The molecule has 2 heterocycles. The van der Waals surface area contributed by atoms with Crippen LogP contribution in [0, 0.1) is 0 Å². The minimum Gasteiger partial charge on any atom is -0.487 e. The summed E-state index contributed by atoms with van der Waals surface area (Å²) in [6.45, 7) is 5.58. The molecule has 5 heteroatoms. The fourth-order valence-electron chi connectivity index (χ4n) is 3.43. The van der Waals surface area contributed by atoms with Crippen LogP contribution >= 0.6 is 11.6 Å². The number of halogens is 1. The van der Waals surface area contributed by atoms with Crippen LogP contribution in [0.5, 0.6) is 5.75 Å². The van der Waals surface area contributed by atoms with E-state index in [0.717, 1.165) is 49.2 Å². The average Bonchev–Trinajstić information content (AvgIpc) is 2.75. The van der Waals surface area contributed by atoms with Crippen LogP contribution in [0.3, 0.4) is 0 Å². The number of benzene rings is 2. The minimum atomic E-state index is 0.492. The van der Waals surface area contributed by atoms with Gasteiger partial charge in [-0.2, -0.15) is 0 Å². The number of hydrogen-bond acceptors (Lipinski definition) is 4. The van der Waals surface area contributed by atoms with Crippen molar-refractivity contribution in [1.29, 1.82) is 0 Å². The van der Waals surface area contributed by atoms with E-state index in [0.29, 0.717) is 6.61 Å². The molecule has 1 fully saturated rings. The molecule has 0 radical (unpaired) electrons. The maximum atomic E-state index is 6.12. The molecular formula is C23H24ClN3O. The number of piperazine rings is 1. The Labute approximate surface area is 171 Å². The second-order valence-electron chi connectivity index (χ2n) is 7.00. The smallest absolute Gasteiger partial charge is 0.130 e. The van der Waals surface area contributed by atoms with E-state index in [9.17, 15) is 0 Å². The zero-order chi connectivity index (χ0) is 19.2. The molecule has 0 aliphatic carbocycles. The van der Waals surface area contributed by atoms with Gasteiger partial charge >= 0.3 is 0 Å². The van der Waals surface area contributed by atoms with E-state index in [2.05, 4.69) is 33.0 Å². The van der Waals surface area contributed by atoms with Crippen molar-refractivity contribution in [2.45, 2.75) is 13.2 Å². The summed E-state index contributed by atoms with van der Waals surface area (Å²) in [6, 6.07) is 22.3. The van der Waals surface area contributed by atoms with E-state index in [-0.39, 0.29) is 0 Å². The zero-order valence-corrected chi connectivity index (χ0v) is 16.6. The molecule has 0 unspecified atom stereocenters. The van der Waals surface area contributed by atoms with Crippen molar-refractivity contribution in [3.63, 3.8) is 0 Å². The van der Waals surface area contributed by atoms with Gasteiger partial charge in [0.1, 0.15) is 12.4 Å². The van der Waals surface area contributed by atoms with Crippen molar-refractivity contribution in [3.8, 4) is 5.75 Å². The van der Waals surface area contributed by atoms with Gasteiger partial charge in [0.15, 0.2) is 0 Å². The predicted octanol–water partition coefficient (Wildman–Crippen LogP) is 4.64. The fraction of sp³-hybridized carbons (Fsp3) is 0.261. The Morgan fingerprint density at radius 3 is 2.43 bits per heavy atom. The summed E-state index contributed by atoms with van der Waals surface area (Å²) in [5, 5.41) is 0.797. The van der Waals surface area contributed by atoms with Crippen LogP contribution in [0.2, 0.25) is 5.02 Å². The maximum absolute atomic E-state index is 6.12. The predicted molar refractivity (Wildman–Crippen MR) is 114 cm³/mol. The van der Waals surface area contributed by atoms with Crippen molar-refractivity contribution >= 4 is 17.3 Å². The highest BCUT2D eigenvalue weighted by Gasteiger charge is 2.17. The molecule has 4 rings (SSSR count). The Morgan fingerprint density at radius 1 is 0.893 bits per heavy atom. The summed E-state index contributed by atoms with van der Waals surface area (Å²) in [7, 11) is 0. The van der Waals surface area contributed by atoms with Crippen molar-refractivity contribution in [3.05, 3.63) is 89.2 Å². The van der Waals surface area contributed by atoms with E-state index in [1.54, 1.807) is 6.20 Å². The number of hydrogen-bond donors (Lipinski definition) is 0. The van der Waals surface area contributed by atoms with Crippen molar-refractivity contribution in [2.24, 2.45) is 0 Å². The topological polar surface area (TPSA) is 28.6 Å². The SMILES string of the molecule is Clc1cccc(N2CCN(Cc3ccc(OCc4ccccn4)cc3)CC2)c1. The minimum absolute atomic E-state index is 0.492. The number of pyridine rings is 1. The van der Waals surface area contributed by atoms with Gasteiger partial charge in [-0.1, -0.05) is 35.9 Å². The van der Waals surface area contributed by atoms with Gasteiger partial charge in [-0.05, 0) is 48.0 Å². The third-order valence-electron chi connectivity index (χ3n) is 4.99. The maximum Gasteiger partial charge on any atom is 0.130 e. The lowest BCUT2D eigenvalue weighted by Crippen LogP contribution is -2.45. The first kappa shape index (κ1) is 18.8. The van der Waals surface area contributed by atoms with Crippen LogP contribution < -0.4 is 9.64 Å². The largest absolute Gasteiger partial charge is 0.487 e. The quantitative estimate of drug-likeness (QED) is 0.610. The number of aromatic nitrogens is 1. The van der Waals surface area contributed by atoms with Crippen LogP contribution in [0.1, 0.15) is 11.3 Å². The number of rotatable bonds is 6. The van der Waals surface area contributed by atoms with E-state index < -0.39 is 0 Å². The molecule has 0 atom stereocenters. The zero-order valence-electron chi connectivity index (χ0n) is 15.8. The molecule has 0 N–H and O–H groups in total. The second-order valence-corrected chi connectivity index (χ2v) is 7.43. The van der Waals surface area contributed by atoms with Gasteiger partial charge in [-0.3, -0.25) is 9.88 Å². The molecular weight excluding hydrogens is 370 g/mol. The summed E-state index contributed by atoms with van der Waals surface area (Å²) in [4.78, 5) is 9.17. The Bertz CT molecular complexity index is 878. The van der Waals surface area contributed by atoms with Gasteiger partial charge in [-0.25, -0.2) is 0 Å². The summed E-state index contributed by atoms with van der Waals surface area (Å²) < 4.78 is 5.82. The van der Waals surface area contributed by atoms with Crippen LogP contribution in [0.15, 0.2) is 72.9 Å². The van der Waals surface area contributed by atoms with Crippen molar-refractivity contribution in [1.82, 2.24) is 9.88 Å². The average molecular weight is 394 g/mol. The molecule has 0 spiro atoms. The monoisotopic (exact) mass is 393 g/mol. The van der Waals surface area contributed by atoms with E-state index in [1.807, 2.05) is 48.5 Å². The van der Waals surface area contributed by atoms with Crippen LogP contribution in [-0.4, -0.2) is 36.1 Å². The molecule has 0 saturated carbocycles. The summed E-state index contributed by atoms with van der Waals surface area (Å²) in [5.41, 5.74) is 3.45. The fourth-order valence-corrected chi connectivity index (χ4v) is 3.61. The molecule has 144 valence electrons. The van der Waals surface area contributed by atoms with Gasteiger partial charge in [0.05, 0.1) is 5.69 Å². The van der Waals surface area contributed by atoms with Gasteiger partial charge in [0, 0.05) is 49.6 Å². The third kappa shape index (κ3) is 5.03. The number of anilines is 1. The lowest BCUT2D eigenvalue weighted by Gasteiger charge is -2.36. The van der Waals surface area contributed by atoms with E-state index in [1.165, 1.54) is 11.3 Å². The number of ether oxygens (including phenoxy) is 1. The Hall–Kier alpha value is -2.56. The molecule has 28 heavy (non-hydrogen) atoms.